The maximum atomic E-state index is 0. The Kier molecular flexibility index (Phi) is 118. The smallest absolute Gasteiger partial charge is 0 e. The summed E-state index contributed by atoms with van der Waals surface area (Å²) in [5.74, 6) is 0. The predicted octanol–water partition coefficient (Wildman–Crippen LogP) is -0.767. The molecule has 8 radical (unpaired) electrons. The summed E-state index contributed by atoms with van der Waals surface area (Å²) in [6.45, 7) is 0. The SMILES string of the molecule is [Bi].[Cu].[Pb].[Zn]. The molecule has 0 unspecified atom stereocenters. The van der Waals surface area contributed by atoms with Crippen LogP contribution in [-0.2, 0) is 36.5 Å². The van der Waals surface area contributed by atoms with Crippen LogP contribution < -0.4 is 0 Å². The summed E-state index contributed by atoms with van der Waals surface area (Å²) in [4.78, 5) is 0. The second-order valence-electron chi connectivity index (χ2n) is 0. The minimum absolute atomic E-state index is 0. The van der Waals surface area contributed by atoms with Crippen molar-refractivity contribution in [1.82, 2.24) is 0 Å². The van der Waals surface area contributed by atoms with Gasteiger partial charge in [-0.3, -0.25) is 0 Å². The normalized spacial score (nSPS) is 0. The van der Waals surface area contributed by atoms with Crippen LogP contribution >= 0.6 is 0 Å². The third-order valence-corrected chi connectivity index (χ3v) is 0. The van der Waals surface area contributed by atoms with Gasteiger partial charge in [0.05, 0.1) is 0 Å². The van der Waals surface area contributed by atoms with Gasteiger partial charge in [-0.2, -0.15) is 0 Å². The van der Waals surface area contributed by atoms with Crippen LogP contribution in [0, 0.1) is 0 Å². The van der Waals surface area contributed by atoms with Crippen molar-refractivity contribution in [3.05, 3.63) is 0 Å². The minimum Gasteiger partial charge on any atom is 0 e. The van der Waals surface area contributed by atoms with Gasteiger partial charge in [0.2, 0.25) is 0 Å². The molecule has 0 aromatic heterocycles. The zero-order chi connectivity index (χ0) is 0. The van der Waals surface area contributed by atoms with Crippen molar-refractivity contribution >= 4 is 53.5 Å². The first-order valence-corrected chi connectivity index (χ1v) is 0. The molecular weight excluding hydrogens is 545 g/mol. The molecule has 22 valence electrons. The number of rotatable bonds is 0. The Morgan fingerprint density at radius 3 is 1.00 bits per heavy atom. The minimum atomic E-state index is 0. The molecule has 0 atom stereocenters. The van der Waals surface area contributed by atoms with Gasteiger partial charge in [0.15, 0.2) is 0 Å². The average molecular weight is 545 g/mol. The van der Waals surface area contributed by atoms with Crippen molar-refractivity contribution in [3.63, 3.8) is 0 Å². The van der Waals surface area contributed by atoms with Crippen LogP contribution in [0.2, 0.25) is 0 Å². The first-order valence-electron chi connectivity index (χ1n) is 0. The molecule has 0 N–H and O–H groups in total. The van der Waals surface area contributed by atoms with E-state index in [1.165, 1.54) is 0 Å². The fourth-order valence-corrected chi connectivity index (χ4v) is 0. The summed E-state index contributed by atoms with van der Waals surface area (Å²) < 4.78 is 0. The maximum Gasteiger partial charge on any atom is 0 e. The summed E-state index contributed by atoms with van der Waals surface area (Å²) >= 11 is 0. The maximum absolute atomic E-state index is 0. The molecule has 0 saturated carbocycles. The molecule has 0 rings (SSSR count). The van der Waals surface area contributed by atoms with Crippen molar-refractivity contribution in [2.24, 2.45) is 0 Å². The largest absolute Gasteiger partial charge is 0 e. The van der Waals surface area contributed by atoms with E-state index in [0.717, 1.165) is 0 Å². The average Bonchev–Trinajstić information content (AvgIpc) is 0. The topological polar surface area (TPSA) is 0 Å². The van der Waals surface area contributed by atoms with Crippen LogP contribution in [0.3, 0.4) is 0 Å². The van der Waals surface area contributed by atoms with Gasteiger partial charge in [-0.25, -0.2) is 0 Å². The van der Waals surface area contributed by atoms with E-state index >= 15 is 0 Å². The molecule has 0 amide bonds. The molecule has 0 heterocycles. The Morgan fingerprint density at radius 2 is 1.00 bits per heavy atom. The number of hydrogen-bond donors (Lipinski definition) is 0. The Labute approximate surface area is 88.4 Å². The molecule has 0 fully saturated rings. The molecule has 4 heteroatoms. The fourth-order valence-electron chi connectivity index (χ4n) is 0. The van der Waals surface area contributed by atoms with Gasteiger partial charge in [0, 0.05) is 90.0 Å². The second-order valence-corrected chi connectivity index (χ2v) is 0. The molecule has 0 spiro atoms. The summed E-state index contributed by atoms with van der Waals surface area (Å²) in [5.41, 5.74) is 0. The summed E-state index contributed by atoms with van der Waals surface area (Å²) in [5, 5.41) is 0. The molecule has 0 bridgehead atoms. The van der Waals surface area contributed by atoms with Crippen molar-refractivity contribution in [1.29, 1.82) is 0 Å². The van der Waals surface area contributed by atoms with E-state index < -0.39 is 0 Å². The molecule has 0 aliphatic rings. The Balaban J connectivity index is 0. The van der Waals surface area contributed by atoms with Crippen LogP contribution in [-0.4, -0.2) is 53.5 Å². The van der Waals surface area contributed by atoms with Gasteiger partial charge in [-0.05, 0) is 0 Å². The van der Waals surface area contributed by atoms with Crippen LogP contribution in [0.25, 0.3) is 0 Å². The van der Waals surface area contributed by atoms with Gasteiger partial charge in [-0.1, -0.05) is 0 Å². The monoisotopic (exact) mass is 544 g/mol. The van der Waals surface area contributed by atoms with E-state index in [-0.39, 0.29) is 90.0 Å². The molecule has 0 aliphatic heterocycles. The molecule has 0 aliphatic carbocycles. The van der Waals surface area contributed by atoms with Crippen molar-refractivity contribution < 1.29 is 36.5 Å². The molecular formula is BiCuPbZn. The zero-order valence-electron chi connectivity index (χ0n) is 1.96. The third kappa shape index (κ3) is 8.87. The van der Waals surface area contributed by atoms with E-state index in [9.17, 15) is 0 Å². The van der Waals surface area contributed by atoms with Crippen LogP contribution in [0.4, 0.5) is 0 Å². The van der Waals surface area contributed by atoms with Crippen molar-refractivity contribution in [3.8, 4) is 0 Å². The molecule has 0 saturated heterocycles. The van der Waals surface area contributed by atoms with E-state index in [2.05, 4.69) is 0 Å². The fraction of sp³-hybridized carbons (Fsp3) is 0. The third-order valence-electron chi connectivity index (χ3n) is 0. The standard InChI is InChI=1S/Bi.Cu.Pb.Zn. The summed E-state index contributed by atoms with van der Waals surface area (Å²) in [6.07, 6.45) is 0. The Bertz CT molecular complexity index is 8.00. The van der Waals surface area contributed by atoms with E-state index in [1.54, 1.807) is 0 Å². The first kappa shape index (κ1) is 28.3. The van der Waals surface area contributed by atoms with Gasteiger partial charge >= 0.3 is 0 Å². The molecule has 0 aromatic carbocycles. The van der Waals surface area contributed by atoms with Crippen LogP contribution in [0.5, 0.6) is 0 Å². The quantitative estimate of drug-likeness (QED) is 0.352. The van der Waals surface area contributed by atoms with E-state index in [1.807, 2.05) is 0 Å². The molecule has 0 aromatic rings. The zero-order valence-corrected chi connectivity index (χ0v) is 13.2. The Hall–Kier alpha value is 2.95. The second kappa shape index (κ2) is 16.8. The van der Waals surface area contributed by atoms with Gasteiger partial charge in [-0.15, -0.1) is 0 Å². The van der Waals surface area contributed by atoms with E-state index in [4.69, 9.17) is 0 Å². The summed E-state index contributed by atoms with van der Waals surface area (Å²) in [6, 6.07) is 0. The first-order chi connectivity index (χ1) is 0. The van der Waals surface area contributed by atoms with Crippen molar-refractivity contribution in [2.75, 3.05) is 0 Å². The van der Waals surface area contributed by atoms with Gasteiger partial charge < -0.3 is 0 Å². The van der Waals surface area contributed by atoms with Gasteiger partial charge in [0.1, 0.15) is 0 Å². The summed E-state index contributed by atoms with van der Waals surface area (Å²) in [7, 11) is 0. The Morgan fingerprint density at radius 1 is 1.00 bits per heavy atom. The number of hydrogen-bond acceptors (Lipinski definition) is 0. The van der Waals surface area contributed by atoms with Crippen LogP contribution in [0.1, 0.15) is 0 Å². The molecule has 4 heavy (non-hydrogen) atoms. The van der Waals surface area contributed by atoms with Crippen LogP contribution in [0.15, 0.2) is 0 Å². The molecule has 0 nitrogen and oxygen atoms in total. The van der Waals surface area contributed by atoms with E-state index in [0.29, 0.717) is 0 Å². The predicted molar refractivity (Wildman–Crippen MR) is 11.5 cm³/mol. The van der Waals surface area contributed by atoms with Crippen molar-refractivity contribution in [2.45, 2.75) is 0 Å². The van der Waals surface area contributed by atoms with Gasteiger partial charge in [0.25, 0.3) is 0 Å².